The Kier molecular flexibility index (Phi) is 6.27. The molecule has 0 radical (unpaired) electrons. The average Bonchev–Trinajstić information content (AvgIpc) is 2.85. The molecule has 2 heterocycles. The monoisotopic (exact) mass is 348 g/mol. The van der Waals surface area contributed by atoms with Crippen molar-refractivity contribution in [2.75, 3.05) is 20.1 Å². The first-order valence-electron chi connectivity index (χ1n) is 8.08. The van der Waals surface area contributed by atoms with Crippen molar-refractivity contribution in [3.63, 3.8) is 0 Å². The third-order valence-electron chi connectivity index (χ3n) is 3.80. The molecule has 1 aromatic rings. The number of aromatic nitrogens is 3. The van der Waals surface area contributed by atoms with Crippen molar-refractivity contribution in [3.8, 4) is 0 Å². The van der Waals surface area contributed by atoms with Gasteiger partial charge in [-0.25, -0.2) is 9.48 Å². The van der Waals surface area contributed by atoms with Gasteiger partial charge in [0.15, 0.2) is 5.96 Å². The van der Waals surface area contributed by atoms with E-state index in [2.05, 4.69) is 20.7 Å². The van der Waals surface area contributed by atoms with Gasteiger partial charge in [-0.3, -0.25) is 9.56 Å². The highest BCUT2D eigenvalue weighted by atomic mass is 19.4. The molecule has 0 atom stereocenters. The summed E-state index contributed by atoms with van der Waals surface area (Å²) >= 11 is 0. The highest BCUT2D eigenvalue weighted by Gasteiger charge is 2.26. The van der Waals surface area contributed by atoms with Crippen LogP contribution in [0.2, 0.25) is 0 Å². The molecule has 136 valence electrons. The second-order valence-corrected chi connectivity index (χ2v) is 5.68. The summed E-state index contributed by atoms with van der Waals surface area (Å²) in [7, 11) is 1.50. The maximum absolute atomic E-state index is 12.1. The summed E-state index contributed by atoms with van der Waals surface area (Å²) in [5.41, 5.74) is -0.0858. The Labute approximate surface area is 137 Å². The van der Waals surface area contributed by atoms with Crippen LogP contribution in [0.25, 0.3) is 0 Å². The standard InChI is InChI=1S/C14H23F3N6O/c1-18-12(20-8-6-14(15,16)17)19-7-4-10-23-13(24)22-9-3-2-5-11(22)21-23/h2-10H2,1H3,(H2,18,19,20). The summed E-state index contributed by atoms with van der Waals surface area (Å²) in [5, 5.41) is 9.87. The number of hydrogen-bond acceptors (Lipinski definition) is 3. The molecule has 10 heteroatoms. The number of alkyl halides is 3. The number of fused-ring (bicyclic) bond motifs is 1. The number of halogens is 3. The highest BCUT2D eigenvalue weighted by molar-refractivity contribution is 5.79. The van der Waals surface area contributed by atoms with Crippen molar-refractivity contribution in [2.24, 2.45) is 4.99 Å². The Morgan fingerprint density at radius 1 is 1.29 bits per heavy atom. The van der Waals surface area contributed by atoms with Crippen LogP contribution in [0, 0.1) is 0 Å². The molecule has 24 heavy (non-hydrogen) atoms. The van der Waals surface area contributed by atoms with Gasteiger partial charge in [0, 0.05) is 39.6 Å². The number of aliphatic imine (C=N–C) groups is 1. The number of hydrogen-bond donors (Lipinski definition) is 2. The van der Waals surface area contributed by atoms with Crippen LogP contribution in [0.4, 0.5) is 13.2 Å². The van der Waals surface area contributed by atoms with Crippen LogP contribution in [-0.2, 0) is 19.5 Å². The summed E-state index contributed by atoms with van der Waals surface area (Å²) in [6.07, 6.45) is -1.60. The molecular weight excluding hydrogens is 325 g/mol. The lowest BCUT2D eigenvalue weighted by atomic mass is 10.2. The van der Waals surface area contributed by atoms with Crippen LogP contribution < -0.4 is 16.3 Å². The summed E-state index contributed by atoms with van der Waals surface area (Å²) in [4.78, 5) is 16.0. The van der Waals surface area contributed by atoms with Crippen molar-refractivity contribution in [2.45, 2.75) is 51.4 Å². The van der Waals surface area contributed by atoms with Gasteiger partial charge in [-0.15, -0.1) is 0 Å². The zero-order chi connectivity index (χ0) is 17.6. The Morgan fingerprint density at radius 2 is 2.04 bits per heavy atom. The van der Waals surface area contributed by atoms with E-state index in [4.69, 9.17) is 0 Å². The molecular formula is C14H23F3N6O. The van der Waals surface area contributed by atoms with E-state index < -0.39 is 12.6 Å². The van der Waals surface area contributed by atoms with Gasteiger partial charge in [0.2, 0.25) is 0 Å². The van der Waals surface area contributed by atoms with Crippen LogP contribution in [0.3, 0.4) is 0 Å². The van der Waals surface area contributed by atoms with Gasteiger partial charge in [-0.1, -0.05) is 0 Å². The minimum absolute atomic E-state index is 0.0858. The number of aryl methyl sites for hydroxylation is 2. The molecule has 0 aliphatic carbocycles. The lowest BCUT2D eigenvalue weighted by molar-refractivity contribution is -0.132. The SMILES string of the molecule is CN=C(NCCCn1nc2n(c1=O)CCCC2)NCCC(F)(F)F. The number of guanidine groups is 1. The van der Waals surface area contributed by atoms with E-state index >= 15 is 0 Å². The fourth-order valence-electron chi connectivity index (χ4n) is 2.57. The maximum atomic E-state index is 12.1. The third kappa shape index (κ3) is 5.27. The zero-order valence-corrected chi connectivity index (χ0v) is 13.7. The van der Waals surface area contributed by atoms with Gasteiger partial charge in [-0.2, -0.15) is 18.3 Å². The Morgan fingerprint density at radius 3 is 2.71 bits per heavy atom. The molecule has 1 aliphatic heterocycles. The van der Waals surface area contributed by atoms with Crippen LogP contribution in [-0.4, -0.2) is 46.6 Å². The van der Waals surface area contributed by atoms with E-state index in [1.807, 2.05) is 0 Å². The van der Waals surface area contributed by atoms with Crippen molar-refractivity contribution < 1.29 is 13.2 Å². The van der Waals surface area contributed by atoms with Crippen LogP contribution in [0.15, 0.2) is 9.79 Å². The normalized spacial score (nSPS) is 15.2. The molecule has 0 bridgehead atoms. The molecule has 0 saturated heterocycles. The van der Waals surface area contributed by atoms with Crippen molar-refractivity contribution in [1.82, 2.24) is 25.0 Å². The molecule has 0 aromatic carbocycles. The van der Waals surface area contributed by atoms with Gasteiger partial charge in [0.05, 0.1) is 6.42 Å². The highest BCUT2D eigenvalue weighted by Crippen LogP contribution is 2.18. The zero-order valence-electron chi connectivity index (χ0n) is 13.7. The quantitative estimate of drug-likeness (QED) is 0.455. The summed E-state index contributed by atoms with van der Waals surface area (Å²) in [5.74, 6) is 1.15. The Bertz CT molecular complexity index is 619. The Hall–Kier alpha value is -2.00. The molecule has 7 nitrogen and oxygen atoms in total. The van der Waals surface area contributed by atoms with Gasteiger partial charge in [0.1, 0.15) is 5.82 Å². The molecule has 0 amide bonds. The first kappa shape index (κ1) is 18.3. The van der Waals surface area contributed by atoms with E-state index in [0.29, 0.717) is 25.5 Å². The van der Waals surface area contributed by atoms with Crippen molar-refractivity contribution in [1.29, 1.82) is 0 Å². The molecule has 1 aliphatic rings. The van der Waals surface area contributed by atoms with Gasteiger partial charge >= 0.3 is 11.9 Å². The molecule has 2 N–H and O–H groups in total. The molecule has 0 fully saturated rings. The minimum Gasteiger partial charge on any atom is -0.356 e. The average molecular weight is 348 g/mol. The maximum Gasteiger partial charge on any atom is 0.390 e. The molecule has 0 spiro atoms. The summed E-state index contributed by atoms with van der Waals surface area (Å²) < 4.78 is 39.5. The number of nitrogens with one attached hydrogen (secondary N) is 2. The number of rotatable bonds is 6. The van der Waals surface area contributed by atoms with E-state index in [1.54, 1.807) is 4.57 Å². The second kappa shape index (κ2) is 8.20. The smallest absolute Gasteiger partial charge is 0.356 e. The van der Waals surface area contributed by atoms with Gasteiger partial charge in [-0.05, 0) is 19.3 Å². The molecule has 1 aromatic heterocycles. The first-order valence-corrected chi connectivity index (χ1v) is 8.08. The topological polar surface area (TPSA) is 76.2 Å². The van der Waals surface area contributed by atoms with E-state index in [9.17, 15) is 18.0 Å². The predicted molar refractivity (Wildman–Crippen MR) is 84.1 cm³/mol. The van der Waals surface area contributed by atoms with E-state index in [1.165, 1.54) is 11.7 Å². The van der Waals surface area contributed by atoms with Crippen LogP contribution in [0.1, 0.15) is 31.5 Å². The predicted octanol–water partition coefficient (Wildman–Crippen LogP) is 0.889. The number of nitrogens with zero attached hydrogens (tertiary/aromatic N) is 4. The molecule has 0 unspecified atom stereocenters. The van der Waals surface area contributed by atoms with Gasteiger partial charge in [0.25, 0.3) is 0 Å². The van der Waals surface area contributed by atoms with Crippen molar-refractivity contribution in [3.05, 3.63) is 16.3 Å². The molecule has 2 rings (SSSR count). The fourth-order valence-corrected chi connectivity index (χ4v) is 2.57. The lowest BCUT2D eigenvalue weighted by Gasteiger charge is -2.12. The largest absolute Gasteiger partial charge is 0.390 e. The van der Waals surface area contributed by atoms with Gasteiger partial charge < -0.3 is 10.6 Å². The second-order valence-electron chi connectivity index (χ2n) is 5.68. The fraction of sp³-hybridized carbons (Fsp3) is 0.786. The summed E-state index contributed by atoms with van der Waals surface area (Å²) in [6.45, 7) is 1.45. The third-order valence-corrected chi connectivity index (χ3v) is 3.80. The minimum atomic E-state index is -4.19. The van der Waals surface area contributed by atoms with Crippen LogP contribution >= 0.6 is 0 Å². The lowest BCUT2D eigenvalue weighted by Crippen LogP contribution is -2.39. The molecule has 0 saturated carbocycles. The van der Waals surface area contributed by atoms with E-state index in [0.717, 1.165) is 31.6 Å². The first-order chi connectivity index (χ1) is 11.4. The van der Waals surface area contributed by atoms with Crippen molar-refractivity contribution >= 4 is 5.96 Å². The van der Waals surface area contributed by atoms with E-state index in [-0.39, 0.29) is 12.2 Å². The Balaban J connectivity index is 1.72. The summed E-state index contributed by atoms with van der Waals surface area (Å²) in [6, 6.07) is 0. The van der Waals surface area contributed by atoms with Crippen LogP contribution in [0.5, 0.6) is 0 Å².